The maximum atomic E-state index is 14.0. The summed E-state index contributed by atoms with van der Waals surface area (Å²) in [5.41, 5.74) is 6.85. The Morgan fingerprint density at radius 2 is 1.74 bits per heavy atom. The number of fused-ring (bicyclic) bond motifs is 3. The van der Waals surface area contributed by atoms with Crippen LogP contribution >= 0.6 is 12.4 Å². The van der Waals surface area contributed by atoms with Crippen molar-refractivity contribution in [2.45, 2.75) is 18.8 Å². The summed E-state index contributed by atoms with van der Waals surface area (Å²) in [5, 5.41) is 3.31. The lowest BCUT2D eigenvalue weighted by molar-refractivity contribution is 0.413. The van der Waals surface area contributed by atoms with Gasteiger partial charge < -0.3 is 10.2 Å². The molecule has 1 unspecified atom stereocenters. The Labute approximate surface area is 210 Å². The molecule has 0 saturated carbocycles. The van der Waals surface area contributed by atoms with Crippen LogP contribution in [0.1, 0.15) is 28.2 Å². The third-order valence-corrected chi connectivity index (χ3v) is 6.28. The first-order valence-electron chi connectivity index (χ1n) is 11.4. The van der Waals surface area contributed by atoms with Gasteiger partial charge in [-0.3, -0.25) is 0 Å². The van der Waals surface area contributed by atoms with Crippen molar-refractivity contribution in [3.05, 3.63) is 107 Å². The summed E-state index contributed by atoms with van der Waals surface area (Å²) >= 11 is 0. The molecule has 5 rings (SSSR count). The lowest BCUT2D eigenvalue weighted by Crippen LogP contribution is -2.15. The minimum Gasteiger partial charge on any atom is -0.324 e. The van der Waals surface area contributed by atoms with Crippen molar-refractivity contribution in [3.63, 3.8) is 0 Å². The molecule has 0 aliphatic heterocycles. The van der Waals surface area contributed by atoms with Crippen molar-refractivity contribution in [1.29, 1.82) is 0 Å². The summed E-state index contributed by atoms with van der Waals surface area (Å²) in [4.78, 5) is 11.5. The topological polar surface area (TPSA) is 41.0 Å². The van der Waals surface area contributed by atoms with Crippen LogP contribution in [-0.4, -0.2) is 35.5 Å². The highest BCUT2D eigenvalue weighted by atomic mass is 35.5. The molecule has 0 bridgehead atoms. The van der Waals surface area contributed by atoms with Crippen LogP contribution in [0, 0.1) is 11.6 Å². The second kappa shape index (κ2) is 10.5. The third-order valence-electron chi connectivity index (χ3n) is 6.28. The van der Waals surface area contributed by atoms with Crippen LogP contribution in [0.4, 0.5) is 20.4 Å². The Morgan fingerprint density at radius 3 is 2.49 bits per heavy atom. The fraction of sp³-hybridized carbons (Fsp3) is 0.214. The molecule has 1 N–H and O–H groups in total. The van der Waals surface area contributed by atoms with Crippen LogP contribution in [0.2, 0.25) is 0 Å². The van der Waals surface area contributed by atoms with E-state index in [1.54, 1.807) is 6.07 Å². The Hall–Kier alpha value is -3.35. The maximum Gasteiger partial charge on any atom is 0.227 e. The molecule has 1 atom stereocenters. The number of benzene rings is 3. The van der Waals surface area contributed by atoms with Crippen molar-refractivity contribution < 1.29 is 8.78 Å². The molecule has 4 aromatic rings. The van der Waals surface area contributed by atoms with Gasteiger partial charge in [-0.15, -0.1) is 12.4 Å². The number of hydrogen-bond acceptors (Lipinski definition) is 4. The molecule has 1 aliphatic carbocycles. The van der Waals surface area contributed by atoms with E-state index in [4.69, 9.17) is 4.98 Å². The first-order valence-corrected chi connectivity index (χ1v) is 11.4. The highest BCUT2D eigenvalue weighted by Crippen LogP contribution is 2.42. The zero-order valence-corrected chi connectivity index (χ0v) is 20.4. The van der Waals surface area contributed by atoms with E-state index in [1.807, 2.05) is 42.6 Å². The molecular weight excluding hydrogens is 466 g/mol. The number of nitrogens with zero attached hydrogens (tertiary/aromatic N) is 3. The summed E-state index contributed by atoms with van der Waals surface area (Å²) < 4.78 is 27.5. The van der Waals surface area contributed by atoms with E-state index in [0.29, 0.717) is 12.4 Å². The van der Waals surface area contributed by atoms with E-state index in [-0.39, 0.29) is 18.3 Å². The minimum absolute atomic E-state index is 0. The van der Waals surface area contributed by atoms with Gasteiger partial charge in [0.25, 0.3) is 0 Å². The monoisotopic (exact) mass is 492 g/mol. The summed E-state index contributed by atoms with van der Waals surface area (Å²) in [6.45, 7) is 1.01. The molecule has 180 valence electrons. The molecule has 7 heteroatoms. The van der Waals surface area contributed by atoms with Crippen molar-refractivity contribution >= 4 is 24.0 Å². The average Bonchev–Trinajstić information content (AvgIpc) is 2.85. The van der Waals surface area contributed by atoms with Gasteiger partial charge in [-0.05, 0) is 73.5 Å². The molecule has 1 aromatic heterocycles. The van der Waals surface area contributed by atoms with Crippen LogP contribution in [-0.2, 0) is 12.8 Å². The van der Waals surface area contributed by atoms with Crippen LogP contribution in [0.5, 0.6) is 0 Å². The van der Waals surface area contributed by atoms with Gasteiger partial charge in [-0.2, -0.15) is 0 Å². The molecule has 1 aliphatic rings. The van der Waals surface area contributed by atoms with Crippen LogP contribution < -0.4 is 5.32 Å². The van der Waals surface area contributed by atoms with Gasteiger partial charge in [0.15, 0.2) is 11.6 Å². The van der Waals surface area contributed by atoms with Gasteiger partial charge in [0.2, 0.25) is 5.95 Å². The summed E-state index contributed by atoms with van der Waals surface area (Å²) in [5.74, 6) is -1.22. The van der Waals surface area contributed by atoms with Crippen LogP contribution in [0.3, 0.4) is 0 Å². The largest absolute Gasteiger partial charge is 0.324 e. The van der Waals surface area contributed by atoms with Gasteiger partial charge in [0, 0.05) is 29.9 Å². The van der Waals surface area contributed by atoms with E-state index in [0.717, 1.165) is 46.6 Å². The quantitative estimate of drug-likeness (QED) is 0.339. The average molecular weight is 493 g/mol. The molecule has 3 aromatic carbocycles. The van der Waals surface area contributed by atoms with Gasteiger partial charge in [0.05, 0.1) is 5.69 Å². The molecule has 0 fully saturated rings. The highest BCUT2D eigenvalue weighted by Gasteiger charge is 2.28. The van der Waals surface area contributed by atoms with E-state index < -0.39 is 11.6 Å². The minimum atomic E-state index is -0.835. The number of rotatable bonds is 6. The van der Waals surface area contributed by atoms with Gasteiger partial charge in [-0.25, -0.2) is 18.7 Å². The second-order valence-electron chi connectivity index (χ2n) is 8.96. The molecule has 35 heavy (non-hydrogen) atoms. The first-order chi connectivity index (χ1) is 16.5. The van der Waals surface area contributed by atoms with Crippen molar-refractivity contribution in [1.82, 2.24) is 14.9 Å². The number of anilines is 2. The number of nitrogens with one attached hydrogen (secondary N) is 1. The van der Waals surface area contributed by atoms with E-state index in [2.05, 4.69) is 41.4 Å². The Morgan fingerprint density at radius 1 is 0.971 bits per heavy atom. The summed E-state index contributed by atoms with van der Waals surface area (Å²) in [7, 11) is 4.14. The fourth-order valence-electron chi connectivity index (χ4n) is 4.46. The first kappa shape index (κ1) is 24.8. The third kappa shape index (κ3) is 5.34. The number of aromatic nitrogens is 2. The second-order valence-corrected chi connectivity index (χ2v) is 8.96. The summed E-state index contributed by atoms with van der Waals surface area (Å²) in [6.07, 6.45) is 3.45. The standard InChI is InChI=1S/C28H26F2N4.ClH/c1-34(2)14-13-18-7-10-21(11-8-18)32-28-31-17-20-15-24(19-9-12-25(29)26(30)16-19)22-5-3-4-6-23(22)27(20)33-28;/h3-12,16-17,24H,13-15H2,1-2H3,(H,31,32,33);1H. The van der Waals surface area contributed by atoms with Crippen molar-refractivity contribution in [2.75, 3.05) is 26.0 Å². The number of halogens is 3. The van der Waals surface area contributed by atoms with Crippen LogP contribution in [0.15, 0.2) is 72.9 Å². The lowest BCUT2D eigenvalue weighted by Gasteiger charge is -2.27. The Balaban J connectivity index is 0.00000289. The normalized spacial score (nSPS) is 14.1. The van der Waals surface area contributed by atoms with Crippen molar-refractivity contribution in [2.24, 2.45) is 0 Å². The smallest absolute Gasteiger partial charge is 0.227 e. The predicted molar refractivity (Wildman–Crippen MR) is 139 cm³/mol. The molecule has 0 radical (unpaired) electrons. The zero-order valence-electron chi connectivity index (χ0n) is 19.6. The Kier molecular flexibility index (Phi) is 7.43. The van der Waals surface area contributed by atoms with Gasteiger partial charge in [0.1, 0.15) is 0 Å². The Bertz CT molecular complexity index is 1330. The zero-order chi connectivity index (χ0) is 23.7. The number of likely N-dealkylation sites (N-methyl/N-ethyl adjacent to an activating group) is 1. The summed E-state index contributed by atoms with van der Waals surface area (Å²) in [6, 6.07) is 20.5. The predicted octanol–water partition coefficient (Wildman–Crippen LogP) is 6.38. The SMILES string of the molecule is CN(C)CCc1ccc(Nc2ncc3c(n2)-c2ccccc2C(c2ccc(F)c(F)c2)C3)cc1.Cl. The molecular formula is C28H27ClF2N4. The molecule has 0 saturated heterocycles. The van der Waals surface area contributed by atoms with Crippen molar-refractivity contribution in [3.8, 4) is 11.3 Å². The fourth-order valence-corrected chi connectivity index (χ4v) is 4.46. The van der Waals surface area contributed by atoms with E-state index in [9.17, 15) is 8.78 Å². The molecule has 1 heterocycles. The molecule has 0 amide bonds. The maximum absolute atomic E-state index is 14.0. The van der Waals surface area contributed by atoms with E-state index in [1.165, 1.54) is 17.7 Å². The van der Waals surface area contributed by atoms with E-state index >= 15 is 0 Å². The molecule has 4 nitrogen and oxygen atoms in total. The van der Waals surface area contributed by atoms with Crippen LogP contribution in [0.25, 0.3) is 11.3 Å². The van der Waals surface area contributed by atoms with Gasteiger partial charge >= 0.3 is 0 Å². The molecule has 0 spiro atoms. The lowest BCUT2D eigenvalue weighted by atomic mass is 9.78. The van der Waals surface area contributed by atoms with Gasteiger partial charge in [-0.1, -0.05) is 42.5 Å². The highest BCUT2D eigenvalue weighted by molar-refractivity contribution is 5.85. The number of hydrogen-bond donors (Lipinski definition) is 1.